The van der Waals surface area contributed by atoms with E-state index >= 15 is 0 Å². The second-order valence-electron chi connectivity index (χ2n) is 5.98. The third-order valence-corrected chi connectivity index (χ3v) is 4.37. The van der Waals surface area contributed by atoms with E-state index in [-0.39, 0.29) is 5.60 Å². The van der Waals surface area contributed by atoms with Crippen molar-refractivity contribution in [2.24, 2.45) is 5.92 Å². The van der Waals surface area contributed by atoms with E-state index in [4.69, 9.17) is 9.26 Å². The van der Waals surface area contributed by atoms with Gasteiger partial charge >= 0.3 is 0 Å². The quantitative estimate of drug-likeness (QED) is 0.882. The summed E-state index contributed by atoms with van der Waals surface area (Å²) in [6, 6.07) is 0.466. The summed E-state index contributed by atoms with van der Waals surface area (Å²) in [4.78, 5) is 4.56. The van der Waals surface area contributed by atoms with Crippen molar-refractivity contribution in [2.45, 2.75) is 57.1 Å². The summed E-state index contributed by atoms with van der Waals surface area (Å²) in [7, 11) is 2.01. The van der Waals surface area contributed by atoms with Crippen molar-refractivity contribution in [1.82, 2.24) is 15.5 Å². The second kappa shape index (κ2) is 5.21. The molecule has 5 heteroatoms. The van der Waals surface area contributed by atoms with Gasteiger partial charge in [-0.1, -0.05) is 5.16 Å². The largest absolute Gasteiger partial charge is 0.367 e. The van der Waals surface area contributed by atoms with E-state index in [1.54, 1.807) is 0 Å². The molecule has 2 heterocycles. The van der Waals surface area contributed by atoms with Crippen LogP contribution in [0.2, 0.25) is 0 Å². The fraction of sp³-hybridized carbons (Fsp3) is 0.857. The molecular weight excluding hydrogens is 242 g/mol. The maximum atomic E-state index is 5.86. The number of hydrogen-bond donors (Lipinski definition) is 1. The van der Waals surface area contributed by atoms with Crippen molar-refractivity contribution in [2.75, 3.05) is 13.7 Å². The molecule has 1 aromatic heterocycles. The van der Waals surface area contributed by atoms with Gasteiger partial charge in [-0.3, -0.25) is 0 Å². The fourth-order valence-corrected chi connectivity index (χ4v) is 2.85. The third kappa shape index (κ3) is 2.82. The molecule has 2 atom stereocenters. The SMILES string of the molecule is CNC(Cc1nc(C2(C)CCCCO2)no1)C1CC1. The molecule has 106 valence electrons. The number of rotatable bonds is 5. The van der Waals surface area contributed by atoms with Crippen LogP contribution in [0.3, 0.4) is 0 Å². The first kappa shape index (κ1) is 13.1. The zero-order valence-corrected chi connectivity index (χ0v) is 11.8. The van der Waals surface area contributed by atoms with Crippen LogP contribution in [-0.2, 0) is 16.8 Å². The van der Waals surface area contributed by atoms with E-state index in [1.807, 2.05) is 7.05 Å². The number of hydrogen-bond acceptors (Lipinski definition) is 5. The molecule has 1 saturated carbocycles. The summed E-state index contributed by atoms with van der Waals surface area (Å²) in [5, 5.41) is 7.49. The van der Waals surface area contributed by atoms with Gasteiger partial charge in [0.15, 0.2) is 0 Å². The summed E-state index contributed by atoms with van der Waals surface area (Å²) in [6.45, 7) is 2.86. The van der Waals surface area contributed by atoms with E-state index in [0.29, 0.717) is 11.9 Å². The average molecular weight is 265 g/mol. The number of likely N-dealkylation sites (N-methyl/N-ethyl adjacent to an activating group) is 1. The van der Waals surface area contributed by atoms with Crippen LogP contribution in [0, 0.1) is 5.92 Å². The Hall–Kier alpha value is -0.940. The summed E-state index contributed by atoms with van der Waals surface area (Å²) in [5.41, 5.74) is -0.352. The van der Waals surface area contributed by atoms with Crippen molar-refractivity contribution >= 4 is 0 Å². The highest BCUT2D eigenvalue weighted by molar-refractivity contribution is 5.02. The lowest BCUT2D eigenvalue weighted by molar-refractivity contribution is -0.0770. The van der Waals surface area contributed by atoms with Crippen molar-refractivity contribution < 1.29 is 9.26 Å². The topological polar surface area (TPSA) is 60.2 Å². The van der Waals surface area contributed by atoms with Gasteiger partial charge in [0, 0.05) is 19.1 Å². The zero-order valence-electron chi connectivity index (χ0n) is 11.8. The monoisotopic (exact) mass is 265 g/mol. The van der Waals surface area contributed by atoms with E-state index in [2.05, 4.69) is 22.4 Å². The lowest BCUT2D eigenvalue weighted by Gasteiger charge is -2.30. The first-order chi connectivity index (χ1) is 9.21. The Morgan fingerprint density at radius 1 is 1.42 bits per heavy atom. The van der Waals surface area contributed by atoms with Crippen LogP contribution < -0.4 is 5.32 Å². The van der Waals surface area contributed by atoms with Gasteiger partial charge in [-0.05, 0) is 52.0 Å². The van der Waals surface area contributed by atoms with E-state index in [0.717, 1.165) is 37.7 Å². The molecule has 1 N–H and O–H groups in total. The first-order valence-electron chi connectivity index (χ1n) is 7.35. The maximum Gasteiger partial charge on any atom is 0.228 e. The lowest BCUT2D eigenvalue weighted by Crippen LogP contribution is -2.32. The van der Waals surface area contributed by atoms with Gasteiger partial charge in [-0.2, -0.15) is 4.98 Å². The van der Waals surface area contributed by atoms with Crippen LogP contribution >= 0.6 is 0 Å². The summed E-state index contributed by atoms with van der Waals surface area (Å²) < 4.78 is 11.3. The lowest BCUT2D eigenvalue weighted by atomic mass is 9.95. The molecule has 1 saturated heterocycles. The molecule has 3 rings (SSSR count). The van der Waals surface area contributed by atoms with Gasteiger partial charge in [0.2, 0.25) is 11.7 Å². The average Bonchev–Trinajstić information content (AvgIpc) is 3.15. The molecule has 1 aliphatic carbocycles. The van der Waals surface area contributed by atoms with Crippen molar-refractivity contribution in [1.29, 1.82) is 0 Å². The summed E-state index contributed by atoms with van der Waals surface area (Å²) in [6.07, 6.45) is 6.72. The minimum absolute atomic E-state index is 0.352. The van der Waals surface area contributed by atoms with Crippen LogP contribution in [0.15, 0.2) is 4.52 Å². The van der Waals surface area contributed by atoms with Crippen LogP contribution in [-0.4, -0.2) is 29.8 Å². The van der Waals surface area contributed by atoms with Crippen molar-refractivity contribution in [3.8, 4) is 0 Å². The normalized spacial score (nSPS) is 29.4. The summed E-state index contributed by atoms with van der Waals surface area (Å²) >= 11 is 0. The molecule has 2 unspecified atom stereocenters. The minimum atomic E-state index is -0.352. The molecule has 1 aromatic rings. The highest BCUT2D eigenvalue weighted by atomic mass is 16.5. The van der Waals surface area contributed by atoms with E-state index in [9.17, 15) is 0 Å². The Labute approximate surface area is 114 Å². The molecule has 0 bridgehead atoms. The molecule has 0 amide bonds. The Kier molecular flexibility index (Phi) is 3.58. The van der Waals surface area contributed by atoms with Crippen LogP contribution in [0.4, 0.5) is 0 Å². The number of nitrogens with zero attached hydrogens (tertiary/aromatic N) is 2. The van der Waals surface area contributed by atoms with Gasteiger partial charge in [0.05, 0.1) is 0 Å². The Bertz CT molecular complexity index is 422. The Morgan fingerprint density at radius 2 is 2.26 bits per heavy atom. The van der Waals surface area contributed by atoms with Crippen LogP contribution in [0.5, 0.6) is 0 Å². The van der Waals surface area contributed by atoms with Crippen molar-refractivity contribution in [3.05, 3.63) is 11.7 Å². The van der Waals surface area contributed by atoms with E-state index in [1.165, 1.54) is 19.3 Å². The number of aromatic nitrogens is 2. The summed E-state index contributed by atoms with van der Waals surface area (Å²) in [5.74, 6) is 2.23. The molecule has 2 aliphatic rings. The Balaban J connectivity index is 1.68. The molecular formula is C14H23N3O2. The highest BCUT2D eigenvalue weighted by Gasteiger charge is 2.36. The Morgan fingerprint density at radius 3 is 2.89 bits per heavy atom. The fourth-order valence-electron chi connectivity index (χ4n) is 2.85. The van der Waals surface area contributed by atoms with Gasteiger partial charge in [-0.15, -0.1) is 0 Å². The maximum absolute atomic E-state index is 5.86. The van der Waals surface area contributed by atoms with Crippen LogP contribution in [0.25, 0.3) is 0 Å². The van der Waals surface area contributed by atoms with Crippen molar-refractivity contribution in [3.63, 3.8) is 0 Å². The standard InChI is InChI=1S/C14H23N3O2/c1-14(7-3-4-8-18-14)13-16-12(19-17-13)9-11(15-2)10-5-6-10/h10-11,15H,3-9H2,1-2H3. The predicted molar refractivity (Wildman–Crippen MR) is 70.7 cm³/mol. The first-order valence-corrected chi connectivity index (χ1v) is 7.35. The predicted octanol–water partition coefficient (Wildman–Crippen LogP) is 2.03. The minimum Gasteiger partial charge on any atom is -0.367 e. The number of ether oxygens (including phenoxy) is 1. The smallest absolute Gasteiger partial charge is 0.228 e. The van der Waals surface area contributed by atoms with Gasteiger partial charge < -0.3 is 14.6 Å². The zero-order chi connectivity index (χ0) is 13.3. The second-order valence-corrected chi connectivity index (χ2v) is 5.98. The van der Waals surface area contributed by atoms with Gasteiger partial charge in [0.25, 0.3) is 0 Å². The molecule has 0 radical (unpaired) electrons. The molecule has 5 nitrogen and oxygen atoms in total. The van der Waals surface area contributed by atoms with E-state index < -0.39 is 0 Å². The molecule has 2 fully saturated rings. The molecule has 0 spiro atoms. The molecule has 1 aliphatic heterocycles. The molecule has 19 heavy (non-hydrogen) atoms. The number of nitrogens with one attached hydrogen (secondary N) is 1. The third-order valence-electron chi connectivity index (χ3n) is 4.37. The van der Waals surface area contributed by atoms with Crippen LogP contribution in [0.1, 0.15) is 50.7 Å². The molecule has 0 aromatic carbocycles. The van der Waals surface area contributed by atoms with Gasteiger partial charge in [0.1, 0.15) is 5.60 Å². The highest BCUT2D eigenvalue weighted by Crippen LogP contribution is 2.35. The van der Waals surface area contributed by atoms with Gasteiger partial charge in [-0.25, -0.2) is 0 Å².